The second kappa shape index (κ2) is 6.34. The number of carbonyl (C=O) groups excluding carboxylic acids is 2. The van der Waals surface area contributed by atoms with E-state index in [9.17, 15) is 14.7 Å². The molecule has 0 radical (unpaired) electrons. The van der Waals surface area contributed by atoms with E-state index in [0.29, 0.717) is 12.8 Å². The molecule has 0 aromatic heterocycles. The lowest BCUT2D eigenvalue weighted by Crippen LogP contribution is -2.42. The Morgan fingerprint density at radius 1 is 1.00 bits per heavy atom. The molecule has 4 nitrogen and oxygen atoms in total. The number of hydrogen-bond acceptors (Lipinski definition) is 3. The van der Waals surface area contributed by atoms with Gasteiger partial charge in [0.05, 0.1) is 5.92 Å². The molecule has 2 rings (SSSR count). The monoisotopic (exact) mass is 300 g/mol. The molecule has 22 heavy (non-hydrogen) atoms. The number of rotatable bonds is 3. The third-order valence-electron chi connectivity index (χ3n) is 4.64. The zero-order valence-electron chi connectivity index (χ0n) is 13.5. The van der Waals surface area contributed by atoms with Crippen molar-refractivity contribution >= 4 is 17.6 Å². The highest BCUT2D eigenvalue weighted by atomic mass is 16.4. The first-order chi connectivity index (χ1) is 10.3. The van der Waals surface area contributed by atoms with Crippen molar-refractivity contribution in [3.05, 3.63) is 40.5 Å². The van der Waals surface area contributed by atoms with E-state index in [-0.39, 0.29) is 5.91 Å². The number of carboxylic acid groups (broad SMARTS) is 1. The van der Waals surface area contributed by atoms with Crippen LogP contribution in [0.4, 0.5) is 5.69 Å². The molecule has 0 bridgehead atoms. The molecule has 0 saturated heterocycles. The second-order valence-electron chi connectivity index (χ2n) is 6.26. The fourth-order valence-electron chi connectivity index (χ4n) is 3.04. The minimum atomic E-state index is -1.14. The number of hydrogen-bond donors (Lipinski definition) is 1. The van der Waals surface area contributed by atoms with E-state index >= 15 is 0 Å². The molecule has 2 atom stereocenters. The molecule has 0 fully saturated rings. The molecule has 1 aliphatic carbocycles. The quantitative estimate of drug-likeness (QED) is 0.871. The summed E-state index contributed by atoms with van der Waals surface area (Å²) in [7, 11) is 0. The second-order valence-corrected chi connectivity index (χ2v) is 6.26. The van der Waals surface area contributed by atoms with Gasteiger partial charge in [-0.05, 0) is 51.7 Å². The van der Waals surface area contributed by atoms with E-state index in [1.165, 1.54) is 0 Å². The SMILES string of the molecule is CC1=C(C)C[C@@H](C(=O)[O-])[C@@H](C(=O)Nc2c(C)cccc2C)C1. The average molecular weight is 300 g/mol. The summed E-state index contributed by atoms with van der Waals surface area (Å²) in [5, 5.41) is 14.3. The van der Waals surface area contributed by atoms with Crippen LogP contribution < -0.4 is 10.4 Å². The van der Waals surface area contributed by atoms with Gasteiger partial charge in [-0.2, -0.15) is 0 Å². The van der Waals surface area contributed by atoms with E-state index < -0.39 is 17.8 Å². The Balaban J connectivity index is 2.26. The van der Waals surface area contributed by atoms with Gasteiger partial charge in [-0.25, -0.2) is 0 Å². The van der Waals surface area contributed by atoms with Crippen molar-refractivity contribution < 1.29 is 14.7 Å². The number of amides is 1. The number of aryl methyl sites for hydroxylation is 2. The fraction of sp³-hybridized carbons (Fsp3) is 0.444. The van der Waals surface area contributed by atoms with Crippen molar-refractivity contribution in [1.29, 1.82) is 0 Å². The standard InChI is InChI=1S/C18H23NO3/c1-10-6-5-7-11(2)16(10)19-17(20)14-8-12(3)13(4)9-15(14)18(21)22/h5-7,14-15H,8-9H2,1-4H3,(H,19,20)(H,21,22)/p-1/t14-,15+/m0/s1. The summed E-state index contributed by atoms with van der Waals surface area (Å²) in [4.78, 5) is 24.0. The lowest BCUT2D eigenvalue weighted by molar-refractivity contribution is -0.313. The average Bonchev–Trinajstić information content (AvgIpc) is 2.45. The lowest BCUT2D eigenvalue weighted by Gasteiger charge is -2.33. The fourth-order valence-corrected chi connectivity index (χ4v) is 3.04. The van der Waals surface area contributed by atoms with Gasteiger partial charge in [-0.3, -0.25) is 4.79 Å². The van der Waals surface area contributed by atoms with E-state index in [2.05, 4.69) is 5.32 Å². The zero-order valence-corrected chi connectivity index (χ0v) is 13.5. The number of allylic oxidation sites excluding steroid dienone is 2. The minimum Gasteiger partial charge on any atom is -0.550 e. The van der Waals surface area contributed by atoms with E-state index in [0.717, 1.165) is 28.0 Å². The van der Waals surface area contributed by atoms with Crippen LogP contribution in [0.1, 0.15) is 37.8 Å². The first kappa shape index (κ1) is 16.3. The molecule has 1 aliphatic rings. The van der Waals surface area contributed by atoms with Gasteiger partial charge < -0.3 is 15.2 Å². The molecule has 1 N–H and O–H groups in total. The molecule has 0 unspecified atom stereocenters. The molecule has 1 aromatic carbocycles. The lowest BCUT2D eigenvalue weighted by atomic mass is 9.76. The Morgan fingerprint density at radius 3 is 2.00 bits per heavy atom. The smallest absolute Gasteiger partial charge is 0.228 e. The van der Waals surface area contributed by atoms with Crippen LogP contribution in [0.2, 0.25) is 0 Å². The third kappa shape index (κ3) is 3.21. The van der Waals surface area contributed by atoms with E-state index in [4.69, 9.17) is 0 Å². The predicted octanol–water partition coefficient (Wildman–Crippen LogP) is 2.35. The number of nitrogens with one attached hydrogen (secondary N) is 1. The largest absolute Gasteiger partial charge is 0.550 e. The maximum absolute atomic E-state index is 12.6. The Bertz CT molecular complexity index is 625. The van der Waals surface area contributed by atoms with Gasteiger partial charge in [0, 0.05) is 17.6 Å². The van der Waals surface area contributed by atoms with Gasteiger partial charge in [0.2, 0.25) is 5.91 Å². The molecule has 4 heteroatoms. The van der Waals surface area contributed by atoms with Crippen LogP contribution in [0.5, 0.6) is 0 Å². The van der Waals surface area contributed by atoms with Gasteiger partial charge in [0.1, 0.15) is 0 Å². The number of anilines is 1. The first-order valence-electron chi connectivity index (χ1n) is 7.54. The van der Waals surface area contributed by atoms with Crippen molar-refractivity contribution in [2.45, 2.75) is 40.5 Å². The van der Waals surface area contributed by atoms with Crippen LogP contribution in [0, 0.1) is 25.7 Å². The number of benzene rings is 1. The number of aliphatic carboxylic acids is 1. The van der Waals surface area contributed by atoms with Crippen LogP contribution in [0.15, 0.2) is 29.3 Å². The van der Waals surface area contributed by atoms with Crippen LogP contribution in [-0.2, 0) is 9.59 Å². The highest BCUT2D eigenvalue weighted by Gasteiger charge is 2.33. The van der Waals surface area contributed by atoms with Crippen molar-refractivity contribution in [1.82, 2.24) is 0 Å². The molecule has 118 valence electrons. The molecule has 0 aliphatic heterocycles. The summed E-state index contributed by atoms with van der Waals surface area (Å²) in [5.41, 5.74) is 4.85. The predicted molar refractivity (Wildman–Crippen MR) is 84.1 cm³/mol. The van der Waals surface area contributed by atoms with Crippen LogP contribution in [0.25, 0.3) is 0 Å². The van der Waals surface area contributed by atoms with E-state index in [1.54, 1.807) is 0 Å². The van der Waals surface area contributed by atoms with Crippen molar-refractivity contribution in [2.24, 2.45) is 11.8 Å². The van der Waals surface area contributed by atoms with Crippen molar-refractivity contribution in [3.63, 3.8) is 0 Å². The van der Waals surface area contributed by atoms with Crippen molar-refractivity contribution in [2.75, 3.05) is 5.32 Å². The molecule has 0 saturated carbocycles. The zero-order chi connectivity index (χ0) is 16.4. The van der Waals surface area contributed by atoms with Gasteiger partial charge in [-0.1, -0.05) is 29.3 Å². The number of para-hydroxylation sites is 1. The third-order valence-corrected chi connectivity index (χ3v) is 4.64. The van der Waals surface area contributed by atoms with Gasteiger partial charge in [0.25, 0.3) is 0 Å². The highest BCUT2D eigenvalue weighted by Crippen LogP contribution is 2.35. The Labute approximate surface area is 131 Å². The van der Waals surface area contributed by atoms with Crippen molar-refractivity contribution in [3.8, 4) is 0 Å². The summed E-state index contributed by atoms with van der Waals surface area (Å²) in [6, 6.07) is 5.78. The van der Waals surface area contributed by atoms with Gasteiger partial charge in [-0.15, -0.1) is 0 Å². The number of carboxylic acids is 1. The summed E-state index contributed by atoms with van der Waals surface area (Å²) < 4.78 is 0. The molecule has 1 amide bonds. The summed E-state index contributed by atoms with van der Waals surface area (Å²) in [5.74, 6) is -2.72. The Hall–Kier alpha value is -2.10. The minimum absolute atomic E-state index is 0.238. The summed E-state index contributed by atoms with van der Waals surface area (Å²) in [6.07, 6.45) is 0.861. The molecule has 1 aromatic rings. The van der Waals surface area contributed by atoms with Gasteiger partial charge in [0.15, 0.2) is 0 Å². The maximum atomic E-state index is 12.6. The Morgan fingerprint density at radius 2 is 1.50 bits per heavy atom. The molecule has 0 heterocycles. The van der Waals surface area contributed by atoms with Crippen LogP contribution in [-0.4, -0.2) is 11.9 Å². The highest BCUT2D eigenvalue weighted by molar-refractivity contribution is 5.96. The van der Waals surface area contributed by atoms with E-state index in [1.807, 2.05) is 45.9 Å². The molecular weight excluding hydrogens is 278 g/mol. The Kier molecular flexibility index (Phi) is 4.69. The summed E-state index contributed by atoms with van der Waals surface area (Å²) in [6.45, 7) is 7.73. The van der Waals surface area contributed by atoms with Gasteiger partial charge >= 0.3 is 0 Å². The van der Waals surface area contributed by atoms with Crippen LogP contribution in [0.3, 0.4) is 0 Å². The summed E-state index contributed by atoms with van der Waals surface area (Å²) >= 11 is 0. The molecule has 0 spiro atoms. The maximum Gasteiger partial charge on any atom is 0.228 e. The first-order valence-corrected chi connectivity index (χ1v) is 7.54. The topological polar surface area (TPSA) is 69.2 Å². The molecular formula is C18H22NO3-. The normalized spacial score (nSPS) is 21.6. The number of carbonyl (C=O) groups is 2. The van der Waals surface area contributed by atoms with Crippen LogP contribution >= 0.6 is 0 Å².